The minimum atomic E-state index is -0.367. The summed E-state index contributed by atoms with van der Waals surface area (Å²) in [7, 11) is 1.91. The van der Waals surface area contributed by atoms with Crippen LogP contribution in [0.25, 0.3) is 10.2 Å². The average Bonchev–Trinajstić information content (AvgIpc) is 3.18. The van der Waals surface area contributed by atoms with Gasteiger partial charge in [-0.3, -0.25) is 9.59 Å². The van der Waals surface area contributed by atoms with Gasteiger partial charge in [0, 0.05) is 26.6 Å². The van der Waals surface area contributed by atoms with Gasteiger partial charge >= 0.3 is 0 Å². The maximum Gasteiger partial charge on any atom is 0.253 e. The molecule has 0 bridgehead atoms. The van der Waals surface area contributed by atoms with Crippen molar-refractivity contribution in [2.45, 2.75) is 19.9 Å². The summed E-state index contributed by atoms with van der Waals surface area (Å²) in [6.07, 6.45) is 0.239. The van der Waals surface area contributed by atoms with E-state index in [1.165, 1.54) is 16.9 Å². The van der Waals surface area contributed by atoms with Crippen LogP contribution >= 0.6 is 11.3 Å². The lowest BCUT2D eigenvalue weighted by molar-refractivity contribution is -0.128. The van der Waals surface area contributed by atoms with Crippen molar-refractivity contribution in [3.63, 3.8) is 0 Å². The molecule has 1 atom stereocenters. The second-order valence-electron chi connectivity index (χ2n) is 7.02. The Labute approximate surface area is 161 Å². The second-order valence-corrected chi connectivity index (χ2v) is 8.03. The molecule has 0 unspecified atom stereocenters. The Bertz CT molecular complexity index is 1080. The molecular formula is C21H21N3O2S. The number of carbonyl (C=O) groups excluding carboxylic acids is 2. The summed E-state index contributed by atoms with van der Waals surface area (Å²) >= 11 is 1.49. The molecular weight excluding hydrogens is 358 g/mol. The van der Waals surface area contributed by atoms with Gasteiger partial charge in [0.05, 0.1) is 16.1 Å². The van der Waals surface area contributed by atoms with Gasteiger partial charge in [-0.15, -0.1) is 0 Å². The predicted octanol–water partition coefficient (Wildman–Crippen LogP) is 3.02. The Balaban J connectivity index is 1.51. The molecule has 0 saturated carbocycles. The number of amides is 2. The lowest BCUT2D eigenvalue weighted by Gasteiger charge is -2.16. The van der Waals surface area contributed by atoms with E-state index in [1.54, 1.807) is 4.90 Å². The highest BCUT2D eigenvalue weighted by atomic mass is 32.1. The lowest BCUT2D eigenvalue weighted by atomic mass is 10.1. The molecule has 138 valence electrons. The molecule has 4 rings (SSSR count). The average molecular weight is 379 g/mol. The third kappa shape index (κ3) is 3.57. The number of hydrogen-bond acceptors (Lipinski definition) is 3. The summed E-state index contributed by atoms with van der Waals surface area (Å²) in [6, 6.07) is 16.1. The largest absolute Gasteiger partial charge is 0.338 e. The highest BCUT2D eigenvalue weighted by Crippen LogP contribution is 2.22. The molecule has 2 amide bonds. The van der Waals surface area contributed by atoms with E-state index in [4.69, 9.17) is 0 Å². The lowest BCUT2D eigenvalue weighted by Crippen LogP contribution is -2.26. The number of fused-ring (bicyclic) bond motifs is 1. The molecule has 0 N–H and O–H groups in total. The standard InChI is InChI=1S/C21H21N3O2S/c1-14-7-9-15(10-8-14)12-24-13-16(11-19(24)25)20(26)22-21-23(2)17-5-3-4-6-18(17)27-21/h3-10,16H,11-13H2,1-2H3/t16-/m1/s1. The zero-order chi connectivity index (χ0) is 19.0. The Hall–Kier alpha value is -2.73. The van der Waals surface area contributed by atoms with Crippen LogP contribution in [-0.4, -0.2) is 27.8 Å². The van der Waals surface area contributed by atoms with Crippen molar-refractivity contribution >= 4 is 33.4 Å². The number of thiazole rings is 1. The molecule has 0 aliphatic carbocycles. The third-order valence-corrected chi connectivity index (χ3v) is 6.09. The van der Waals surface area contributed by atoms with Crippen molar-refractivity contribution in [1.82, 2.24) is 9.47 Å². The number of hydrogen-bond donors (Lipinski definition) is 0. The number of carbonyl (C=O) groups is 2. The minimum Gasteiger partial charge on any atom is -0.338 e. The zero-order valence-corrected chi connectivity index (χ0v) is 16.2. The summed E-state index contributed by atoms with van der Waals surface area (Å²) in [5.41, 5.74) is 3.32. The van der Waals surface area contributed by atoms with Gasteiger partial charge in [-0.1, -0.05) is 53.3 Å². The Morgan fingerprint density at radius 2 is 1.93 bits per heavy atom. The summed E-state index contributed by atoms with van der Waals surface area (Å²) in [5, 5.41) is 0. The van der Waals surface area contributed by atoms with E-state index in [9.17, 15) is 9.59 Å². The quantitative estimate of drug-likeness (QED) is 0.702. The van der Waals surface area contributed by atoms with Gasteiger partial charge in [0.2, 0.25) is 5.91 Å². The molecule has 1 aromatic heterocycles. The molecule has 1 aliphatic heterocycles. The molecule has 1 saturated heterocycles. The summed E-state index contributed by atoms with van der Waals surface area (Å²) in [4.78, 5) is 31.8. The second kappa shape index (κ2) is 7.12. The van der Waals surface area contributed by atoms with Gasteiger partial charge in [0.15, 0.2) is 4.80 Å². The topological polar surface area (TPSA) is 54.7 Å². The highest BCUT2D eigenvalue weighted by molar-refractivity contribution is 7.16. The number of nitrogens with zero attached hydrogens (tertiary/aromatic N) is 3. The van der Waals surface area contributed by atoms with E-state index in [-0.39, 0.29) is 24.2 Å². The van der Waals surface area contributed by atoms with Gasteiger partial charge in [0.1, 0.15) is 0 Å². The first-order valence-corrected chi connectivity index (χ1v) is 9.79. The Morgan fingerprint density at radius 1 is 1.19 bits per heavy atom. The molecule has 5 nitrogen and oxygen atoms in total. The smallest absolute Gasteiger partial charge is 0.253 e. The maximum atomic E-state index is 12.7. The molecule has 27 heavy (non-hydrogen) atoms. The summed E-state index contributed by atoms with van der Waals surface area (Å²) in [5.74, 6) is -0.560. The number of aromatic nitrogens is 1. The van der Waals surface area contributed by atoms with Crippen LogP contribution in [0.1, 0.15) is 17.5 Å². The van der Waals surface area contributed by atoms with Crippen molar-refractivity contribution in [2.24, 2.45) is 18.0 Å². The van der Waals surface area contributed by atoms with Gasteiger partial charge in [-0.25, -0.2) is 0 Å². The van der Waals surface area contributed by atoms with Crippen LogP contribution in [0.2, 0.25) is 0 Å². The minimum absolute atomic E-state index is 0.0184. The molecule has 2 heterocycles. The summed E-state index contributed by atoms with van der Waals surface area (Å²) < 4.78 is 3.02. The molecule has 1 fully saturated rings. The van der Waals surface area contributed by atoms with Crippen LogP contribution in [0.4, 0.5) is 0 Å². The van der Waals surface area contributed by atoms with Crippen molar-refractivity contribution in [3.05, 3.63) is 64.5 Å². The van der Waals surface area contributed by atoms with Gasteiger partial charge in [-0.05, 0) is 24.6 Å². The fourth-order valence-corrected chi connectivity index (χ4v) is 4.40. The monoisotopic (exact) mass is 379 g/mol. The first-order valence-electron chi connectivity index (χ1n) is 8.98. The van der Waals surface area contributed by atoms with E-state index >= 15 is 0 Å². The molecule has 6 heteroatoms. The molecule has 2 aromatic carbocycles. The van der Waals surface area contributed by atoms with Crippen molar-refractivity contribution < 1.29 is 9.59 Å². The van der Waals surface area contributed by atoms with Crippen LogP contribution in [0.3, 0.4) is 0 Å². The number of aryl methyl sites for hydroxylation is 2. The summed E-state index contributed by atoms with van der Waals surface area (Å²) in [6.45, 7) is 3.01. The van der Waals surface area contributed by atoms with Crippen molar-refractivity contribution in [2.75, 3.05) is 6.54 Å². The first kappa shape index (κ1) is 17.7. The molecule has 1 aliphatic rings. The van der Waals surface area contributed by atoms with E-state index in [1.807, 2.05) is 67.1 Å². The number of benzene rings is 2. The van der Waals surface area contributed by atoms with Crippen LogP contribution in [0.15, 0.2) is 53.5 Å². The van der Waals surface area contributed by atoms with Gasteiger partial charge in [-0.2, -0.15) is 4.99 Å². The van der Waals surface area contributed by atoms with Crippen LogP contribution < -0.4 is 4.80 Å². The zero-order valence-electron chi connectivity index (χ0n) is 15.4. The fourth-order valence-electron chi connectivity index (χ4n) is 3.38. The Kier molecular flexibility index (Phi) is 4.66. The Morgan fingerprint density at radius 3 is 2.67 bits per heavy atom. The number of para-hydroxylation sites is 1. The SMILES string of the molecule is Cc1ccc(CN2C[C@H](C(=O)N=c3sc4ccccc4n3C)CC2=O)cc1. The normalized spacial score (nSPS) is 17.9. The van der Waals surface area contributed by atoms with E-state index < -0.39 is 0 Å². The van der Waals surface area contributed by atoms with Gasteiger partial charge < -0.3 is 9.47 Å². The third-order valence-electron chi connectivity index (χ3n) is 4.98. The van der Waals surface area contributed by atoms with E-state index in [0.29, 0.717) is 17.9 Å². The number of likely N-dealkylation sites (tertiary alicyclic amines) is 1. The van der Waals surface area contributed by atoms with E-state index in [2.05, 4.69) is 4.99 Å². The number of rotatable bonds is 3. The van der Waals surface area contributed by atoms with Crippen LogP contribution in [0, 0.1) is 12.8 Å². The molecule has 0 spiro atoms. The predicted molar refractivity (Wildman–Crippen MR) is 106 cm³/mol. The highest BCUT2D eigenvalue weighted by Gasteiger charge is 2.34. The van der Waals surface area contributed by atoms with Crippen molar-refractivity contribution in [1.29, 1.82) is 0 Å². The van der Waals surface area contributed by atoms with Crippen LogP contribution in [0.5, 0.6) is 0 Å². The fraction of sp³-hybridized carbons (Fsp3) is 0.286. The van der Waals surface area contributed by atoms with Crippen molar-refractivity contribution in [3.8, 4) is 0 Å². The van der Waals surface area contributed by atoms with Crippen LogP contribution in [-0.2, 0) is 23.2 Å². The van der Waals surface area contributed by atoms with Gasteiger partial charge in [0.25, 0.3) is 5.91 Å². The first-order chi connectivity index (χ1) is 13.0. The molecule has 0 radical (unpaired) electrons. The van der Waals surface area contributed by atoms with E-state index in [0.717, 1.165) is 15.8 Å². The maximum absolute atomic E-state index is 12.7. The molecule has 3 aromatic rings.